The van der Waals surface area contributed by atoms with Gasteiger partial charge in [-0.2, -0.15) is 18.3 Å². The molecule has 0 unspecified atom stereocenters. The number of fused-ring (bicyclic) bond motifs is 1. The molecule has 2 atom stereocenters. The van der Waals surface area contributed by atoms with Crippen LogP contribution in [0.4, 0.5) is 24.8 Å². The first-order valence-electron chi connectivity index (χ1n) is 10.5. The number of halogens is 3. The van der Waals surface area contributed by atoms with Crippen LogP contribution in [0.25, 0.3) is 10.9 Å². The number of nitrogens with zero attached hydrogens (tertiary/aromatic N) is 6. The average Bonchev–Trinajstić information content (AvgIpc) is 3.33. The fraction of sp³-hybridized carbons (Fsp3) is 0.476. The lowest BCUT2D eigenvalue weighted by atomic mass is 10.1. The third-order valence-corrected chi connectivity index (χ3v) is 5.54. The molecule has 0 bridgehead atoms. The van der Waals surface area contributed by atoms with Crippen molar-refractivity contribution in [3.63, 3.8) is 0 Å². The highest BCUT2D eigenvalue weighted by Crippen LogP contribution is 2.35. The van der Waals surface area contributed by atoms with Gasteiger partial charge in [0.25, 0.3) is 0 Å². The molecule has 0 aromatic carbocycles. The number of hydrogen-bond acceptors (Lipinski definition) is 7. The Labute approximate surface area is 188 Å². The van der Waals surface area contributed by atoms with Gasteiger partial charge in [0.15, 0.2) is 5.69 Å². The highest BCUT2D eigenvalue weighted by atomic mass is 19.4. The molecule has 0 saturated carbocycles. The number of amides is 1. The van der Waals surface area contributed by atoms with Crippen molar-refractivity contribution < 1.29 is 18.0 Å². The van der Waals surface area contributed by atoms with Crippen LogP contribution in [-0.2, 0) is 18.0 Å². The van der Waals surface area contributed by atoms with Crippen molar-refractivity contribution in [2.75, 3.05) is 23.3 Å². The van der Waals surface area contributed by atoms with Crippen LogP contribution in [-0.4, -0.2) is 49.8 Å². The molecular formula is C21H25F3N8O. The van der Waals surface area contributed by atoms with Crippen molar-refractivity contribution in [3.05, 3.63) is 35.5 Å². The molecule has 4 rings (SSSR count). The molecule has 12 heteroatoms. The summed E-state index contributed by atoms with van der Waals surface area (Å²) in [5, 5.41) is 10.3. The minimum Gasteiger partial charge on any atom is -0.363 e. The zero-order valence-corrected chi connectivity index (χ0v) is 18.7. The van der Waals surface area contributed by atoms with Gasteiger partial charge in [-0.25, -0.2) is 15.0 Å². The van der Waals surface area contributed by atoms with E-state index in [-0.39, 0.29) is 17.5 Å². The van der Waals surface area contributed by atoms with Crippen LogP contribution in [0.5, 0.6) is 0 Å². The van der Waals surface area contributed by atoms with Gasteiger partial charge in [-0.3, -0.25) is 9.48 Å². The SMILES string of the molecule is CC(=O)N[C@@H]1CCN(c2cc3c(N[C@H](C)c4cn(C)nc4C(F)(F)F)nc(C)nc3cn2)C1. The first-order valence-corrected chi connectivity index (χ1v) is 10.5. The summed E-state index contributed by atoms with van der Waals surface area (Å²) in [6.07, 6.45) is -0.775. The predicted molar refractivity (Wildman–Crippen MR) is 117 cm³/mol. The topological polar surface area (TPSA) is 101 Å². The molecule has 1 amide bonds. The van der Waals surface area contributed by atoms with Gasteiger partial charge in [0, 0.05) is 50.2 Å². The van der Waals surface area contributed by atoms with Crippen LogP contribution in [0.1, 0.15) is 43.4 Å². The van der Waals surface area contributed by atoms with Crippen molar-refractivity contribution in [2.24, 2.45) is 7.05 Å². The van der Waals surface area contributed by atoms with E-state index in [0.717, 1.165) is 17.6 Å². The molecule has 0 aliphatic carbocycles. The fourth-order valence-electron chi connectivity index (χ4n) is 4.12. The van der Waals surface area contributed by atoms with Crippen molar-refractivity contribution in [1.29, 1.82) is 0 Å². The summed E-state index contributed by atoms with van der Waals surface area (Å²) in [6, 6.07) is 1.16. The van der Waals surface area contributed by atoms with E-state index >= 15 is 0 Å². The molecule has 1 aliphatic heterocycles. The van der Waals surface area contributed by atoms with E-state index in [1.807, 2.05) is 6.07 Å². The van der Waals surface area contributed by atoms with E-state index in [1.54, 1.807) is 20.0 Å². The number of alkyl halides is 3. The first-order chi connectivity index (χ1) is 15.5. The average molecular weight is 462 g/mol. The van der Waals surface area contributed by atoms with Gasteiger partial charge < -0.3 is 15.5 Å². The number of nitrogens with one attached hydrogen (secondary N) is 2. The normalized spacial score (nSPS) is 17.4. The molecule has 0 radical (unpaired) electrons. The summed E-state index contributed by atoms with van der Waals surface area (Å²) < 4.78 is 41.5. The minimum atomic E-state index is -4.56. The second-order valence-corrected chi connectivity index (χ2v) is 8.28. The van der Waals surface area contributed by atoms with E-state index < -0.39 is 17.9 Å². The lowest BCUT2D eigenvalue weighted by molar-refractivity contribution is -0.142. The summed E-state index contributed by atoms with van der Waals surface area (Å²) in [7, 11) is 1.46. The maximum absolute atomic E-state index is 13.4. The monoisotopic (exact) mass is 462 g/mol. The highest BCUT2D eigenvalue weighted by molar-refractivity contribution is 5.90. The van der Waals surface area contributed by atoms with Gasteiger partial charge in [-0.15, -0.1) is 0 Å². The number of rotatable bonds is 5. The molecule has 3 aromatic rings. The molecule has 33 heavy (non-hydrogen) atoms. The van der Waals surface area contributed by atoms with Crippen molar-refractivity contribution in [1.82, 2.24) is 30.0 Å². The molecule has 4 heterocycles. The summed E-state index contributed by atoms with van der Waals surface area (Å²) in [5.74, 6) is 1.51. The molecule has 3 aromatic heterocycles. The minimum absolute atomic E-state index is 0.0291. The van der Waals surface area contributed by atoms with Gasteiger partial charge in [-0.05, 0) is 26.3 Å². The summed E-state index contributed by atoms with van der Waals surface area (Å²) in [5.41, 5.74) is -0.314. The van der Waals surface area contributed by atoms with Crippen LogP contribution in [0.2, 0.25) is 0 Å². The Balaban J connectivity index is 1.65. The third kappa shape index (κ3) is 4.83. The molecule has 0 spiro atoms. The van der Waals surface area contributed by atoms with Gasteiger partial charge in [0.1, 0.15) is 17.5 Å². The maximum Gasteiger partial charge on any atom is 0.435 e. The number of pyridine rings is 1. The van der Waals surface area contributed by atoms with Gasteiger partial charge >= 0.3 is 6.18 Å². The predicted octanol–water partition coefficient (Wildman–Crippen LogP) is 2.97. The Hall–Kier alpha value is -3.44. The molecule has 2 N–H and O–H groups in total. The molecule has 9 nitrogen and oxygen atoms in total. The number of carbonyl (C=O) groups excluding carboxylic acids is 1. The number of aryl methyl sites for hydroxylation is 2. The Morgan fingerprint density at radius 3 is 2.76 bits per heavy atom. The Bertz CT molecular complexity index is 1190. The zero-order chi connectivity index (χ0) is 23.9. The van der Waals surface area contributed by atoms with Gasteiger partial charge in [0.2, 0.25) is 5.91 Å². The van der Waals surface area contributed by atoms with Crippen LogP contribution in [0.15, 0.2) is 18.5 Å². The second kappa shape index (κ2) is 8.49. The largest absolute Gasteiger partial charge is 0.435 e. The smallest absolute Gasteiger partial charge is 0.363 e. The quantitative estimate of drug-likeness (QED) is 0.601. The van der Waals surface area contributed by atoms with E-state index in [0.29, 0.717) is 34.9 Å². The summed E-state index contributed by atoms with van der Waals surface area (Å²) >= 11 is 0. The highest BCUT2D eigenvalue weighted by Gasteiger charge is 2.38. The molecule has 176 valence electrons. The number of anilines is 2. The van der Waals surface area contributed by atoms with Crippen LogP contribution < -0.4 is 15.5 Å². The molecule has 1 fully saturated rings. The maximum atomic E-state index is 13.4. The van der Waals surface area contributed by atoms with Crippen molar-refractivity contribution in [2.45, 2.75) is 45.5 Å². The van der Waals surface area contributed by atoms with Crippen molar-refractivity contribution in [3.8, 4) is 0 Å². The Morgan fingerprint density at radius 2 is 2.06 bits per heavy atom. The molecule has 1 saturated heterocycles. The summed E-state index contributed by atoms with van der Waals surface area (Å²) in [4.78, 5) is 26.8. The van der Waals surface area contributed by atoms with Crippen LogP contribution in [0, 0.1) is 6.92 Å². The lowest BCUT2D eigenvalue weighted by Gasteiger charge is -2.20. The molecular weight excluding hydrogens is 437 g/mol. The fourth-order valence-corrected chi connectivity index (χ4v) is 4.12. The van der Waals surface area contributed by atoms with Crippen molar-refractivity contribution >= 4 is 28.4 Å². The van der Waals surface area contributed by atoms with E-state index in [9.17, 15) is 18.0 Å². The first kappa shape index (κ1) is 22.7. The third-order valence-electron chi connectivity index (χ3n) is 5.54. The lowest BCUT2D eigenvalue weighted by Crippen LogP contribution is -2.35. The zero-order valence-electron chi connectivity index (χ0n) is 18.7. The van der Waals surface area contributed by atoms with E-state index in [1.165, 1.54) is 20.2 Å². The van der Waals surface area contributed by atoms with Gasteiger partial charge in [0.05, 0.1) is 17.8 Å². The number of hydrogen-bond donors (Lipinski definition) is 2. The number of aromatic nitrogens is 5. The number of carbonyl (C=O) groups is 1. The Morgan fingerprint density at radius 1 is 1.30 bits per heavy atom. The summed E-state index contributed by atoms with van der Waals surface area (Å²) in [6.45, 7) is 6.18. The standard InChI is InChI=1S/C21H25F3N8O/c1-11(16-10-31(4)30-19(16)21(22,23)24)26-20-15-7-18(25-8-17(15)27-12(2)28-20)32-6-5-14(9-32)29-13(3)33/h7-8,10-11,14H,5-6,9H2,1-4H3,(H,29,33)(H,26,27,28)/t11-,14-/m1/s1. The van der Waals surface area contributed by atoms with Crippen LogP contribution in [0.3, 0.4) is 0 Å². The van der Waals surface area contributed by atoms with Crippen LogP contribution >= 0.6 is 0 Å². The van der Waals surface area contributed by atoms with E-state index in [4.69, 9.17) is 0 Å². The molecule has 1 aliphatic rings. The van der Waals surface area contributed by atoms with Gasteiger partial charge in [-0.1, -0.05) is 0 Å². The van der Waals surface area contributed by atoms with E-state index in [2.05, 4.69) is 35.6 Å². The second-order valence-electron chi connectivity index (χ2n) is 8.28. The Kier molecular flexibility index (Phi) is 5.85.